The molecule has 1 aromatic heterocycles. The number of hydrogen-bond donors (Lipinski definition) is 0. The molecule has 1 atom stereocenters. The molecule has 1 unspecified atom stereocenters. The lowest BCUT2D eigenvalue weighted by molar-refractivity contribution is -0.155. The number of amides is 1. The molecule has 0 spiro atoms. The fourth-order valence-electron chi connectivity index (χ4n) is 3.15. The molecule has 0 bridgehead atoms. The van der Waals surface area contributed by atoms with E-state index < -0.39 is 11.4 Å². The first-order valence-electron chi connectivity index (χ1n) is 7.92. The van der Waals surface area contributed by atoms with Crippen molar-refractivity contribution in [2.45, 2.75) is 31.3 Å². The fraction of sp³-hybridized carbons (Fsp3) is 0.471. The lowest BCUT2D eigenvalue weighted by Crippen LogP contribution is -2.49. The molecule has 24 heavy (non-hydrogen) atoms. The van der Waals surface area contributed by atoms with Crippen LogP contribution < -0.4 is 0 Å². The summed E-state index contributed by atoms with van der Waals surface area (Å²) in [6.07, 6.45) is 2.77. The number of piperidine rings is 1. The molecule has 0 saturated carbocycles. The molecular weight excluding hydrogens is 313 g/mol. The van der Waals surface area contributed by atoms with Gasteiger partial charge in [0.15, 0.2) is 5.60 Å². The highest BCUT2D eigenvalue weighted by Crippen LogP contribution is 2.33. The molecule has 0 N–H and O–H groups in total. The van der Waals surface area contributed by atoms with E-state index in [1.807, 2.05) is 0 Å². The van der Waals surface area contributed by atoms with Gasteiger partial charge in [0.05, 0.1) is 0 Å². The van der Waals surface area contributed by atoms with Crippen LogP contribution in [0.25, 0.3) is 0 Å². The molecule has 6 nitrogen and oxygen atoms in total. The molecule has 0 radical (unpaired) electrons. The van der Waals surface area contributed by atoms with Crippen molar-refractivity contribution in [1.29, 1.82) is 0 Å². The number of halogens is 1. The van der Waals surface area contributed by atoms with Crippen molar-refractivity contribution in [2.24, 2.45) is 0 Å². The van der Waals surface area contributed by atoms with E-state index in [1.165, 1.54) is 19.6 Å². The van der Waals surface area contributed by atoms with Gasteiger partial charge in [0.1, 0.15) is 5.82 Å². The number of aromatic nitrogens is 2. The highest BCUT2D eigenvalue weighted by Gasteiger charge is 2.41. The van der Waals surface area contributed by atoms with Gasteiger partial charge in [0.2, 0.25) is 12.3 Å². The highest BCUT2D eigenvalue weighted by atomic mass is 19.1. The molecule has 1 saturated heterocycles. The van der Waals surface area contributed by atoms with Crippen molar-refractivity contribution < 1.29 is 18.3 Å². The molecule has 1 aliphatic heterocycles. The summed E-state index contributed by atoms with van der Waals surface area (Å²) in [6.45, 7) is 2.69. The number of nitrogens with zero attached hydrogens (tertiary/aromatic N) is 3. The van der Waals surface area contributed by atoms with Crippen molar-refractivity contribution in [2.75, 3.05) is 20.2 Å². The lowest BCUT2D eigenvalue weighted by Gasteiger charge is -2.37. The molecule has 1 aliphatic rings. The summed E-state index contributed by atoms with van der Waals surface area (Å²) in [5, 5.41) is 7.63. The minimum absolute atomic E-state index is 0.152. The van der Waals surface area contributed by atoms with E-state index in [0.29, 0.717) is 19.0 Å². The third-order valence-corrected chi connectivity index (χ3v) is 4.71. The van der Waals surface area contributed by atoms with Gasteiger partial charge in [0, 0.05) is 31.7 Å². The number of rotatable bonds is 4. The van der Waals surface area contributed by atoms with Crippen LogP contribution in [0, 0.1) is 5.82 Å². The summed E-state index contributed by atoms with van der Waals surface area (Å²) in [6, 6.07) is 6.21. The summed E-state index contributed by atoms with van der Waals surface area (Å²) in [5.41, 5.74) is -1.10. The summed E-state index contributed by atoms with van der Waals surface area (Å²) >= 11 is 0. The van der Waals surface area contributed by atoms with E-state index in [1.54, 1.807) is 30.0 Å². The number of hydrogen-bond acceptors (Lipinski definition) is 5. The van der Waals surface area contributed by atoms with Crippen LogP contribution in [0.2, 0.25) is 0 Å². The SMILES string of the molecule is COC(C)(C(=O)N1CCC(c2nnco2)CC1)c1ccccc1F. The van der Waals surface area contributed by atoms with E-state index in [4.69, 9.17) is 9.15 Å². The Morgan fingerprint density at radius 3 is 2.67 bits per heavy atom. The molecule has 0 aliphatic carbocycles. The number of carbonyl (C=O) groups is 1. The predicted octanol–water partition coefficient (Wildman–Crippen LogP) is 2.48. The molecular formula is C17H20FN3O3. The Kier molecular flexibility index (Phi) is 4.62. The second-order valence-electron chi connectivity index (χ2n) is 6.06. The van der Waals surface area contributed by atoms with E-state index in [2.05, 4.69) is 10.2 Å². The molecule has 2 heterocycles. The molecule has 1 aromatic carbocycles. The first-order valence-corrected chi connectivity index (χ1v) is 7.92. The van der Waals surface area contributed by atoms with Crippen LogP contribution in [0.1, 0.15) is 37.1 Å². The van der Waals surface area contributed by atoms with Crippen molar-refractivity contribution in [1.82, 2.24) is 15.1 Å². The van der Waals surface area contributed by atoms with Gasteiger partial charge in [-0.3, -0.25) is 4.79 Å². The number of ether oxygens (including phenoxy) is 1. The smallest absolute Gasteiger partial charge is 0.259 e. The normalized spacial score (nSPS) is 18.4. The zero-order chi connectivity index (χ0) is 17.2. The highest BCUT2D eigenvalue weighted by molar-refractivity contribution is 5.86. The molecule has 1 amide bonds. The monoisotopic (exact) mass is 333 g/mol. The zero-order valence-corrected chi connectivity index (χ0v) is 13.7. The molecule has 128 valence electrons. The van der Waals surface area contributed by atoms with Crippen LogP contribution in [0.3, 0.4) is 0 Å². The van der Waals surface area contributed by atoms with Crippen LogP contribution in [0.15, 0.2) is 35.1 Å². The summed E-state index contributed by atoms with van der Waals surface area (Å²) in [4.78, 5) is 14.7. The van der Waals surface area contributed by atoms with Crippen LogP contribution in [0.4, 0.5) is 4.39 Å². The largest absolute Gasteiger partial charge is 0.428 e. The van der Waals surface area contributed by atoms with E-state index >= 15 is 0 Å². The van der Waals surface area contributed by atoms with Gasteiger partial charge in [-0.1, -0.05) is 18.2 Å². The molecule has 1 fully saturated rings. The molecule has 3 rings (SSSR count). The third-order valence-electron chi connectivity index (χ3n) is 4.71. The van der Waals surface area contributed by atoms with Gasteiger partial charge in [0.25, 0.3) is 5.91 Å². The quantitative estimate of drug-likeness (QED) is 0.860. The maximum Gasteiger partial charge on any atom is 0.259 e. The minimum Gasteiger partial charge on any atom is -0.428 e. The fourth-order valence-corrected chi connectivity index (χ4v) is 3.15. The van der Waals surface area contributed by atoms with Crippen LogP contribution in [-0.2, 0) is 15.1 Å². The average Bonchev–Trinajstić information content (AvgIpc) is 3.15. The van der Waals surface area contributed by atoms with E-state index in [9.17, 15) is 9.18 Å². The van der Waals surface area contributed by atoms with Gasteiger partial charge in [-0.2, -0.15) is 0 Å². The van der Waals surface area contributed by atoms with Gasteiger partial charge in [-0.05, 0) is 25.8 Å². The van der Waals surface area contributed by atoms with Gasteiger partial charge in [-0.15, -0.1) is 10.2 Å². The molecule has 2 aromatic rings. The maximum atomic E-state index is 14.2. The first-order chi connectivity index (χ1) is 11.6. The summed E-state index contributed by atoms with van der Waals surface area (Å²) < 4.78 is 24.9. The zero-order valence-electron chi connectivity index (χ0n) is 13.7. The molecule has 7 heteroatoms. The summed E-state index contributed by atoms with van der Waals surface area (Å²) in [7, 11) is 1.43. The van der Waals surface area contributed by atoms with E-state index in [0.717, 1.165) is 12.8 Å². The van der Waals surface area contributed by atoms with Gasteiger partial charge >= 0.3 is 0 Å². The Labute approximate surface area is 139 Å². The van der Waals surface area contributed by atoms with Crippen LogP contribution in [-0.4, -0.2) is 41.2 Å². The maximum absolute atomic E-state index is 14.2. The van der Waals surface area contributed by atoms with Crippen molar-refractivity contribution in [3.63, 3.8) is 0 Å². The summed E-state index contributed by atoms with van der Waals surface area (Å²) in [5.74, 6) is 0.0690. The van der Waals surface area contributed by atoms with Gasteiger partial charge < -0.3 is 14.1 Å². The average molecular weight is 333 g/mol. The Morgan fingerprint density at radius 2 is 2.08 bits per heavy atom. The third kappa shape index (κ3) is 2.91. The second kappa shape index (κ2) is 6.68. The number of benzene rings is 1. The lowest BCUT2D eigenvalue weighted by atomic mass is 9.90. The number of methoxy groups -OCH3 is 1. The Balaban J connectivity index is 1.75. The van der Waals surface area contributed by atoms with Crippen molar-refractivity contribution in [3.8, 4) is 0 Å². The van der Waals surface area contributed by atoms with Crippen LogP contribution >= 0.6 is 0 Å². The number of carbonyl (C=O) groups excluding carboxylic acids is 1. The Bertz CT molecular complexity index is 699. The van der Waals surface area contributed by atoms with Crippen LogP contribution in [0.5, 0.6) is 0 Å². The Morgan fingerprint density at radius 1 is 1.38 bits per heavy atom. The minimum atomic E-state index is -1.34. The predicted molar refractivity (Wildman–Crippen MR) is 83.6 cm³/mol. The Hall–Kier alpha value is -2.28. The first kappa shape index (κ1) is 16.6. The van der Waals surface area contributed by atoms with Gasteiger partial charge in [-0.25, -0.2) is 4.39 Å². The second-order valence-corrected chi connectivity index (χ2v) is 6.06. The standard InChI is InChI=1S/C17H20FN3O3/c1-17(23-2,13-5-3-4-6-14(13)18)16(22)21-9-7-12(8-10-21)15-20-19-11-24-15/h3-6,11-12H,7-10H2,1-2H3. The number of likely N-dealkylation sites (tertiary alicyclic amines) is 1. The van der Waals surface area contributed by atoms with E-state index in [-0.39, 0.29) is 17.4 Å². The topological polar surface area (TPSA) is 68.5 Å². The van der Waals surface area contributed by atoms with Crippen molar-refractivity contribution in [3.05, 3.63) is 47.9 Å². The van der Waals surface area contributed by atoms with Crippen molar-refractivity contribution >= 4 is 5.91 Å².